The maximum atomic E-state index is 13.3. The topological polar surface area (TPSA) is 67.5 Å². The van der Waals surface area contributed by atoms with E-state index in [2.05, 4.69) is 10.3 Å². The van der Waals surface area contributed by atoms with Crippen molar-refractivity contribution in [2.24, 2.45) is 10.7 Å². The van der Waals surface area contributed by atoms with Gasteiger partial charge in [-0.25, -0.2) is 13.8 Å². The maximum absolute atomic E-state index is 13.3. The van der Waals surface area contributed by atoms with Crippen LogP contribution in [0.5, 0.6) is 0 Å². The van der Waals surface area contributed by atoms with Gasteiger partial charge in [0.05, 0.1) is 0 Å². The van der Waals surface area contributed by atoms with Crippen molar-refractivity contribution in [1.29, 1.82) is 0 Å². The molecule has 0 fully saturated rings. The van der Waals surface area contributed by atoms with Gasteiger partial charge in [0.1, 0.15) is 11.6 Å². The number of halogens is 2. The van der Waals surface area contributed by atoms with Gasteiger partial charge < -0.3 is 5.73 Å². The number of benzene rings is 1. The quantitative estimate of drug-likeness (QED) is 0.708. The first-order valence-electron chi connectivity index (χ1n) is 4.17. The third kappa shape index (κ3) is 1.65. The van der Waals surface area contributed by atoms with E-state index in [0.29, 0.717) is 6.07 Å². The maximum Gasteiger partial charge on any atom is 0.256 e. The average Bonchev–Trinajstić information content (AvgIpc) is 2.45. The van der Waals surface area contributed by atoms with Crippen LogP contribution in [0.15, 0.2) is 23.2 Å². The van der Waals surface area contributed by atoms with Gasteiger partial charge in [-0.3, -0.25) is 10.1 Å². The van der Waals surface area contributed by atoms with Crippen molar-refractivity contribution in [3.63, 3.8) is 0 Å². The Morgan fingerprint density at radius 3 is 2.67 bits per heavy atom. The van der Waals surface area contributed by atoms with Crippen molar-refractivity contribution in [3.05, 3.63) is 35.4 Å². The highest BCUT2D eigenvalue weighted by atomic mass is 19.1. The zero-order chi connectivity index (χ0) is 11.0. The summed E-state index contributed by atoms with van der Waals surface area (Å²) in [5.74, 6) is -2.09. The van der Waals surface area contributed by atoms with Gasteiger partial charge in [0.15, 0.2) is 12.0 Å². The summed E-state index contributed by atoms with van der Waals surface area (Å²) in [7, 11) is 0. The summed E-state index contributed by atoms with van der Waals surface area (Å²) in [4.78, 5) is 15.0. The fraction of sp³-hybridized carbons (Fsp3) is 0.111. The zero-order valence-electron chi connectivity index (χ0n) is 7.50. The molecule has 78 valence electrons. The average molecular weight is 211 g/mol. The van der Waals surface area contributed by atoms with Gasteiger partial charge in [-0.2, -0.15) is 0 Å². The molecule has 4 nitrogen and oxygen atoms in total. The van der Waals surface area contributed by atoms with E-state index >= 15 is 0 Å². The first-order valence-corrected chi connectivity index (χ1v) is 4.17. The molecule has 1 amide bonds. The Morgan fingerprint density at radius 1 is 1.40 bits per heavy atom. The van der Waals surface area contributed by atoms with Crippen molar-refractivity contribution in [2.45, 2.75) is 6.04 Å². The van der Waals surface area contributed by atoms with Gasteiger partial charge in [0, 0.05) is 11.6 Å². The van der Waals surface area contributed by atoms with Crippen LogP contribution in [0.2, 0.25) is 0 Å². The fourth-order valence-corrected chi connectivity index (χ4v) is 1.36. The van der Waals surface area contributed by atoms with Crippen LogP contribution >= 0.6 is 0 Å². The van der Waals surface area contributed by atoms with E-state index in [0.717, 1.165) is 6.07 Å². The number of nitrogens with two attached hydrogens (primary N) is 1. The van der Waals surface area contributed by atoms with Gasteiger partial charge in [-0.05, 0) is 6.07 Å². The third-order valence-corrected chi connectivity index (χ3v) is 2.02. The van der Waals surface area contributed by atoms with Crippen LogP contribution in [-0.4, -0.2) is 11.9 Å². The molecule has 15 heavy (non-hydrogen) atoms. The molecule has 1 unspecified atom stereocenters. The smallest absolute Gasteiger partial charge is 0.256 e. The first kappa shape index (κ1) is 9.57. The number of aliphatic imine (C=N–C) groups is 1. The van der Waals surface area contributed by atoms with Crippen LogP contribution in [0.1, 0.15) is 11.6 Å². The first-order chi connectivity index (χ1) is 7.08. The molecule has 0 radical (unpaired) electrons. The number of carbonyl (C=O) groups excluding carboxylic acids is 1. The lowest BCUT2D eigenvalue weighted by atomic mass is 10.1. The van der Waals surface area contributed by atoms with Gasteiger partial charge >= 0.3 is 0 Å². The summed E-state index contributed by atoms with van der Waals surface area (Å²) in [6.07, 6.45) is 0. The molecule has 1 heterocycles. The Morgan fingerprint density at radius 2 is 2.13 bits per heavy atom. The molecule has 3 N–H and O–H groups in total. The second-order valence-corrected chi connectivity index (χ2v) is 3.07. The molecule has 0 saturated carbocycles. The summed E-state index contributed by atoms with van der Waals surface area (Å²) < 4.78 is 25.9. The Hall–Kier alpha value is -1.98. The highest BCUT2D eigenvalue weighted by molar-refractivity contribution is 6.04. The number of amides is 1. The minimum Gasteiger partial charge on any atom is -0.370 e. The normalized spacial score (nSPS) is 20.0. The van der Waals surface area contributed by atoms with Crippen LogP contribution < -0.4 is 11.1 Å². The van der Waals surface area contributed by atoms with E-state index in [-0.39, 0.29) is 11.5 Å². The van der Waals surface area contributed by atoms with E-state index < -0.39 is 23.6 Å². The molecule has 0 aliphatic carbocycles. The molecular weight excluding hydrogens is 204 g/mol. The lowest BCUT2D eigenvalue weighted by Crippen LogP contribution is -2.31. The van der Waals surface area contributed by atoms with Gasteiger partial charge in [-0.15, -0.1) is 0 Å². The molecule has 0 aromatic heterocycles. The van der Waals surface area contributed by atoms with Crippen LogP contribution in [0, 0.1) is 11.6 Å². The minimum atomic E-state index is -1.02. The Balaban J connectivity index is 2.42. The van der Waals surface area contributed by atoms with E-state index in [9.17, 15) is 13.6 Å². The zero-order valence-corrected chi connectivity index (χ0v) is 7.50. The van der Waals surface area contributed by atoms with Crippen LogP contribution in [0.4, 0.5) is 8.78 Å². The number of hydrogen-bond acceptors (Lipinski definition) is 3. The van der Waals surface area contributed by atoms with E-state index in [4.69, 9.17) is 5.73 Å². The summed E-state index contributed by atoms with van der Waals surface area (Å²) in [5, 5.41) is 2.24. The molecular formula is C9H7F2N3O. The Kier molecular flexibility index (Phi) is 2.11. The van der Waals surface area contributed by atoms with E-state index in [1.54, 1.807) is 0 Å². The Labute approximate surface area is 83.8 Å². The summed E-state index contributed by atoms with van der Waals surface area (Å²) in [6, 6.07) is 1.92. The van der Waals surface area contributed by atoms with Gasteiger partial charge in [0.25, 0.3) is 5.91 Å². The number of carbonyl (C=O) groups is 1. The third-order valence-electron chi connectivity index (χ3n) is 2.02. The highest BCUT2D eigenvalue weighted by Crippen LogP contribution is 2.23. The molecule has 0 bridgehead atoms. The molecule has 1 aliphatic rings. The molecule has 2 rings (SSSR count). The van der Waals surface area contributed by atoms with Crippen LogP contribution in [0.3, 0.4) is 0 Å². The Bertz CT molecular complexity index is 459. The molecule has 0 saturated heterocycles. The monoisotopic (exact) mass is 211 g/mol. The predicted molar refractivity (Wildman–Crippen MR) is 48.9 cm³/mol. The summed E-state index contributed by atoms with van der Waals surface area (Å²) in [5.41, 5.74) is 5.26. The van der Waals surface area contributed by atoms with Crippen molar-refractivity contribution in [2.75, 3.05) is 0 Å². The SMILES string of the molecule is NC1=NC(c2ccc(F)cc2F)C(=O)N1. The van der Waals surface area contributed by atoms with E-state index in [1.165, 1.54) is 6.07 Å². The second kappa shape index (κ2) is 3.30. The largest absolute Gasteiger partial charge is 0.370 e. The number of nitrogens with zero attached hydrogens (tertiary/aromatic N) is 1. The van der Waals surface area contributed by atoms with Crippen LogP contribution in [0.25, 0.3) is 0 Å². The fourth-order valence-electron chi connectivity index (χ4n) is 1.36. The van der Waals surface area contributed by atoms with Gasteiger partial charge in [0.2, 0.25) is 0 Å². The number of hydrogen-bond donors (Lipinski definition) is 2. The molecule has 1 atom stereocenters. The van der Waals surface area contributed by atoms with Crippen molar-refractivity contribution >= 4 is 11.9 Å². The molecule has 0 spiro atoms. The number of rotatable bonds is 1. The highest BCUT2D eigenvalue weighted by Gasteiger charge is 2.28. The number of guanidine groups is 1. The summed E-state index contributed by atoms with van der Waals surface area (Å²) in [6.45, 7) is 0. The van der Waals surface area contributed by atoms with Crippen molar-refractivity contribution < 1.29 is 13.6 Å². The van der Waals surface area contributed by atoms with Crippen molar-refractivity contribution in [3.8, 4) is 0 Å². The molecule has 1 aromatic carbocycles. The molecule has 6 heteroatoms. The predicted octanol–water partition coefficient (Wildman–Crippen LogP) is 0.450. The van der Waals surface area contributed by atoms with E-state index in [1.807, 2.05) is 0 Å². The van der Waals surface area contributed by atoms with Crippen LogP contribution in [-0.2, 0) is 4.79 Å². The molecule has 1 aromatic rings. The lowest BCUT2D eigenvalue weighted by molar-refractivity contribution is -0.120. The standard InChI is InChI=1S/C9H7F2N3O/c10-4-1-2-5(6(11)3-4)7-8(15)14-9(12)13-7/h1-3,7H,(H3,12,13,14,15). The summed E-state index contributed by atoms with van der Waals surface area (Å²) >= 11 is 0. The number of nitrogens with one attached hydrogen (secondary N) is 1. The van der Waals surface area contributed by atoms with Gasteiger partial charge in [-0.1, -0.05) is 6.07 Å². The molecule has 1 aliphatic heterocycles. The van der Waals surface area contributed by atoms with Crippen molar-refractivity contribution in [1.82, 2.24) is 5.32 Å². The lowest BCUT2D eigenvalue weighted by Gasteiger charge is -2.05. The minimum absolute atomic E-state index is 0.00866. The second-order valence-electron chi connectivity index (χ2n) is 3.07.